The fourth-order valence-corrected chi connectivity index (χ4v) is 6.15. The van der Waals surface area contributed by atoms with Crippen LogP contribution in [0.15, 0.2) is 24.3 Å². The molecule has 1 atom stereocenters. The zero-order chi connectivity index (χ0) is 21.0. The number of carbonyl (C=O) groups excluding carboxylic acids is 1. The van der Waals surface area contributed by atoms with Gasteiger partial charge in [0.25, 0.3) is 0 Å². The van der Waals surface area contributed by atoms with Gasteiger partial charge in [-0.1, -0.05) is 24.3 Å². The summed E-state index contributed by atoms with van der Waals surface area (Å²) in [5, 5.41) is 16.1. The van der Waals surface area contributed by atoms with Crippen LogP contribution in [-0.2, 0) is 9.59 Å². The topological polar surface area (TPSA) is 84.9 Å². The highest BCUT2D eigenvalue weighted by atomic mass is 16.4. The van der Waals surface area contributed by atoms with Gasteiger partial charge in [-0.2, -0.15) is 0 Å². The molecule has 0 amide bonds. The van der Waals surface area contributed by atoms with Gasteiger partial charge in [-0.25, -0.2) is 0 Å². The van der Waals surface area contributed by atoms with Crippen molar-refractivity contribution >= 4 is 11.8 Å². The van der Waals surface area contributed by atoms with E-state index in [9.17, 15) is 9.59 Å². The zero-order valence-electron chi connectivity index (χ0n) is 17.9. The summed E-state index contributed by atoms with van der Waals surface area (Å²) in [6.07, 6.45) is 13.1. The summed E-state index contributed by atoms with van der Waals surface area (Å²) in [5.74, 6) is 0.0721. The minimum absolute atomic E-state index is 0.0786. The molecule has 0 aromatic heterocycles. The van der Waals surface area contributed by atoms with Gasteiger partial charge < -0.3 is 15.7 Å². The Bertz CT molecular complexity index is 687. The van der Waals surface area contributed by atoms with Gasteiger partial charge in [-0.15, -0.1) is 0 Å². The summed E-state index contributed by atoms with van der Waals surface area (Å²) in [4.78, 5) is 30.0. The normalized spacial score (nSPS) is 30.9. The van der Waals surface area contributed by atoms with Gasteiger partial charge in [0.15, 0.2) is 5.78 Å². The molecule has 0 bridgehead atoms. The molecular formula is C23H36N4O3. The van der Waals surface area contributed by atoms with E-state index in [2.05, 4.69) is 27.7 Å². The molecule has 4 aliphatic rings. The lowest BCUT2D eigenvalue weighted by Gasteiger charge is -2.53. The molecule has 166 valence electrons. The van der Waals surface area contributed by atoms with Gasteiger partial charge in [-0.05, 0) is 64.2 Å². The molecule has 7 nitrogen and oxygen atoms in total. The van der Waals surface area contributed by atoms with Crippen molar-refractivity contribution < 1.29 is 14.7 Å². The second-order valence-corrected chi connectivity index (χ2v) is 9.33. The van der Waals surface area contributed by atoms with Crippen LogP contribution in [0.3, 0.4) is 0 Å². The Morgan fingerprint density at radius 2 is 1.63 bits per heavy atom. The molecule has 0 aromatic rings. The quantitative estimate of drug-likeness (QED) is 0.593. The molecule has 30 heavy (non-hydrogen) atoms. The molecule has 0 radical (unpaired) electrons. The largest absolute Gasteiger partial charge is 0.480 e. The number of hydrogen-bond donors (Lipinski definition) is 3. The fraction of sp³-hybridized carbons (Fsp3) is 0.739. The lowest BCUT2D eigenvalue weighted by molar-refractivity contribution is -0.148. The predicted octanol–water partition coefficient (Wildman–Crippen LogP) is 0.882. The second-order valence-electron chi connectivity index (χ2n) is 9.33. The van der Waals surface area contributed by atoms with Crippen LogP contribution in [0.25, 0.3) is 0 Å². The Labute approximate surface area is 179 Å². The number of ketones is 1. The minimum Gasteiger partial charge on any atom is -0.480 e. The summed E-state index contributed by atoms with van der Waals surface area (Å²) in [7, 11) is 0. The first-order chi connectivity index (χ1) is 14.6. The van der Waals surface area contributed by atoms with Crippen molar-refractivity contribution in [1.29, 1.82) is 0 Å². The van der Waals surface area contributed by atoms with Crippen LogP contribution in [0.1, 0.15) is 32.1 Å². The van der Waals surface area contributed by atoms with Crippen molar-refractivity contribution in [3.8, 4) is 0 Å². The van der Waals surface area contributed by atoms with Crippen molar-refractivity contribution in [2.45, 2.75) is 37.6 Å². The van der Waals surface area contributed by atoms with Gasteiger partial charge in [0.05, 0.1) is 6.54 Å². The van der Waals surface area contributed by atoms with Crippen LogP contribution in [0.4, 0.5) is 0 Å². The van der Waals surface area contributed by atoms with Crippen molar-refractivity contribution in [1.82, 2.24) is 20.4 Å². The lowest BCUT2D eigenvalue weighted by atomic mass is 9.58. The number of carbonyl (C=O) groups is 2. The van der Waals surface area contributed by atoms with Crippen LogP contribution in [0.5, 0.6) is 0 Å². The molecule has 3 fully saturated rings. The highest BCUT2D eigenvalue weighted by molar-refractivity contribution is 5.96. The van der Waals surface area contributed by atoms with Gasteiger partial charge in [0, 0.05) is 31.6 Å². The standard InChI is InChI=1S/C23H36N4O3/c28-20(29)18-26-14-16-27(17-15-26)23(6-2-1-3-7-23)21(30)22(8-12-25-13-9-22)19-4-10-24-11-5-19/h1-3,6,19,24-25H,4-5,7-18H2,(H,28,29). The number of Topliss-reactive ketones (excluding diaryl/α,β-unsaturated/α-hetero) is 1. The molecule has 0 spiro atoms. The van der Waals surface area contributed by atoms with Gasteiger partial charge >= 0.3 is 5.97 Å². The van der Waals surface area contributed by atoms with E-state index in [0.717, 1.165) is 71.4 Å². The zero-order valence-corrected chi connectivity index (χ0v) is 17.9. The smallest absolute Gasteiger partial charge is 0.317 e. The SMILES string of the molecule is O=C(O)CN1CCN(C2(C(=O)C3(C4CCNCC4)CCNCC3)C=CC=CC2)CC1. The Balaban J connectivity index is 1.60. The Morgan fingerprint density at radius 3 is 2.23 bits per heavy atom. The summed E-state index contributed by atoms with van der Waals surface area (Å²) in [6.45, 7) is 6.77. The van der Waals surface area contributed by atoms with Gasteiger partial charge in [0.1, 0.15) is 5.54 Å². The van der Waals surface area contributed by atoms with E-state index in [1.54, 1.807) is 0 Å². The van der Waals surface area contributed by atoms with E-state index in [1.807, 2.05) is 17.1 Å². The number of piperazine rings is 1. The summed E-state index contributed by atoms with van der Waals surface area (Å²) in [5.41, 5.74) is -0.854. The highest BCUT2D eigenvalue weighted by Gasteiger charge is 2.55. The van der Waals surface area contributed by atoms with Crippen LogP contribution in [0, 0.1) is 11.3 Å². The number of nitrogens with zero attached hydrogens (tertiary/aromatic N) is 2. The maximum atomic E-state index is 14.6. The van der Waals surface area contributed by atoms with E-state index in [-0.39, 0.29) is 12.0 Å². The maximum absolute atomic E-state index is 14.6. The highest BCUT2D eigenvalue weighted by Crippen LogP contribution is 2.47. The third-order valence-corrected chi connectivity index (χ3v) is 7.81. The minimum atomic E-state index is -0.783. The van der Waals surface area contributed by atoms with Crippen LogP contribution in [-0.4, -0.2) is 91.1 Å². The number of carboxylic acid groups (broad SMARTS) is 1. The fourth-order valence-electron chi connectivity index (χ4n) is 6.15. The molecule has 7 heteroatoms. The van der Waals surface area contributed by atoms with Gasteiger partial charge in [-0.3, -0.25) is 19.4 Å². The Hall–Kier alpha value is -1.54. The first-order valence-corrected chi connectivity index (χ1v) is 11.6. The summed E-state index contributed by atoms with van der Waals surface area (Å²) >= 11 is 0. The Morgan fingerprint density at radius 1 is 0.967 bits per heavy atom. The monoisotopic (exact) mass is 416 g/mol. The van der Waals surface area contributed by atoms with E-state index < -0.39 is 11.5 Å². The average molecular weight is 417 g/mol. The summed E-state index contributed by atoms with van der Waals surface area (Å²) in [6, 6.07) is 0. The average Bonchev–Trinajstić information content (AvgIpc) is 2.80. The molecule has 3 N–H and O–H groups in total. The first kappa shape index (κ1) is 21.7. The number of allylic oxidation sites excluding steroid dienone is 2. The molecule has 0 saturated carbocycles. The van der Waals surface area contributed by atoms with Crippen molar-refractivity contribution in [3.63, 3.8) is 0 Å². The summed E-state index contributed by atoms with van der Waals surface area (Å²) < 4.78 is 0. The lowest BCUT2D eigenvalue weighted by Crippen LogP contribution is -2.65. The molecule has 3 heterocycles. The van der Waals surface area contributed by atoms with E-state index in [1.165, 1.54) is 0 Å². The number of piperidine rings is 2. The van der Waals surface area contributed by atoms with Crippen LogP contribution < -0.4 is 10.6 Å². The van der Waals surface area contributed by atoms with Crippen molar-refractivity contribution in [2.75, 3.05) is 58.9 Å². The third-order valence-electron chi connectivity index (χ3n) is 7.81. The predicted molar refractivity (Wildman–Crippen MR) is 116 cm³/mol. The van der Waals surface area contributed by atoms with E-state index in [4.69, 9.17) is 5.11 Å². The van der Waals surface area contributed by atoms with E-state index in [0.29, 0.717) is 24.8 Å². The molecule has 1 aliphatic carbocycles. The number of hydrogen-bond acceptors (Lipinski definition) is 6. The number of nitrogens with one attached hydrogen (secondary N) is 2. The van der Waals surface area contributed by atoms with Crippen molar-refractivity contribution in [3.05, 3.63) is 24.3 Å². The first-order valence-electron chi connectivity index (χ1n) is 11.6. The second kappa shape index (κ2) is 9.30. The molecule has 4 rings (SSSR count). The number of rotatable bonds is 6. The molecular weight excluding hydrogens is 380 g/mol. The number of aliphatic carboxylic acids is 1. The Kier molecular flexibility index (Phi) is 6.72. The van der Waals surface area contributed by atoms with Crippen molar-refractivity contribution in [2.24, 2.45) is 11.3 Å². The third kappa shape index (κ3) is 4.13. The maximum Gasteiger partial charge on any atom is 0.317 e. The molecule has 3 saturated heterocycles. The van der Waals surface area contributed by atoms with Crippen LogP contribution >= 0.6 is 0 Å². The number of carboxylic acids is 1. The molecule has 1 unspecified atom stereocenters. The van der Waals surface area contributed by atoms with E-state index >= 15 is 0 Å². The molecule has 3 aliphatic heterocycles. The molecule has 0 aromatic carbocycles. The van der Waals surface area contributed by atoms with Crippen LogP contribution in [0.2, 0.25) is 0 Å². The van der Waals surface area contributed by atoms with Gasteiger partial charge in [0.2, 0.25) is 0 Å².